The van der Waals surface area contributed by atoms with Crippen molar-refractivity contribution < 1.29 is 4.92 Å². The van der Waals surface area contributed by atoms with Crippen molar-refractivity contribution in [3.63, 3.8) is 0 Å². The van der Waals surface area contributed by atoms with E-state index in [1.54, 1.807) is 13.1 Å². The van der Waals surface area contributed by atoms with E-state index in [-0.39, 0.29) is 11.5 Å². The van der Waals surface area contributed by atoms with E-state index in [0.29, 0.717) is 5.82 Å². The van der Waals surface area contributed by atoms with Crippen LogP contribution in [0, 0.1) is 17.0 Å². The molecule has 0 spiro atoms. The van der Waals surface area contributed by atoms with Gasteiger partial charge < -0.3 is 10.6 Å². The number of nitrogens with zero attached hydrogens (tertiary/aromatic N) is 2. The van der Waals surface area contributed by atoms with Gasteiger partial charge in [-0.05, 0) is 30.7 Å². The first-order valence-electron chi connectivity index (χ1n) is 5.88. The van der Waals surface area contributed by atoms with Gasteiger partial charge >= 0.3 is 5.69 Å². The molecule has 0 amide bonds. The molecule has 7 heteroatoms. The highest BCUT2D eigenvalue weighted by Crippen LogP contribution is 2.30. The number of hydrogen-bond donors (Lipinski definition) is 2. The fraction of sp³-hybridized carbons (Fsp3) is 0.154. The number of pyridine rings is 1. The van der Waals surface area contributed by atoms with Crippen LogP contribution in [0.1, 0.15) is 5.56 Å². The lowest BCUT2D eigenvalue weighted by atomic mass is 10.2. The zero-order chi connectivity index (χ0) is 14.7. The first-order valence-corrected chi connectivity index (χ1v) is 6.67. The fourth-order valence-corrected chi connectivity index (χ4v) is 2.07. The topological polar surface area (TPSA) is 80.1 Å². The van der Waals surface area contributed by atoms with Crippen LogP contribution in [0.4, 0.5) is 23.0 Å². The van der Waals surface area contributed by atoms with E-state index in [9.17, 15) is 10.1 Å². The van der Waals surface area contributed by atoms with Crippen molar-refractivity contribution in [1.82, 2.24) is 4.98 Å². The van der Waals surface area contributed by atoms with Crippen LogP contribution in [0.2, 0.25) is 0 Å². The van der Waals surface area contributed by atoms with E-state index in [0.717, 1.165) is 15.7 Å². The van der Waals surface area contributed by atoms with E-state index >= 15 is 0 Å². The number of nitrogens with one attached hydrogen (secondary N) is 2. The van der Waals surface area contributed by atoms with Gasteiger partial charge in [-0.2, -0.15) is 0 Å². The molecule has 2 aromatic rings. The molecule has 0 saturated heterocycles. The average molecular weight is 337 g/mol. The lowest BCUT2D eigenvalue weighted by Gasteiger charge is -2.11. The van der Waals surface area contributed by atoms with Crippen molar-refractivity contribution in [3.8, 4) is 0 Å². The third-order valence-electron chi connectivity index (χ3n) is 2.85. The summed E-state index contributed by atoms with van der Waals surface area (Å²) < 4.78 is 0.926. The second-order valence-corrected chi connectivity index (χ2v) is 4.96. The van der Waals surface area contributed by atoms with Gasteiger partial charge in [-0.1, -0.05) is 22.0 Å². The number of nitro groups is 1. The summed E-state index contributed by atoms with van der Waals surface area (Å²) >= 11 is 3.43. The second-order valence-electron chi connectivity index (χ2n) is 4.11. The van der Waals surface area contributed by atoms with E-state index in [2.05, 4.69) is 31.5 Å². The van der Waals surface area contributed by atoms with Crippen molar-refractivity contribution >= 4 is 38.9 Å². The SMILES string of the molecule is CNc1ccc([N+](=O)[O-])c(Nc2cccc(Br)c2C)n1. The Kier molecular flexibility index (Phi) is 4.19. The molecule has 2 rings (SSSR count). The number of anilines is 3. The van der Waals surface area contributed by atoms with Crippen LogP contribution >= 0.6 is 15.9 Å². The molecule has 0 radical (unpaired) electrons. The minimum atomic E-state index is -0.456. The highest BCUT2D eigenvalue weighted by Gasteiger charge is 2.17. The highest BCUT2D eigenvalue weighted by atomic mass is 79.9. The van der Waals surface area contributed by atoms with Crippen molar-refractivity contribution in [1.29, 1.82) is 0 Å². The maximum absolute atomic E-state index is 11.1. The third kappa shape index (κ3) is 2.88. The lowest BCUT2D eigenvalue weighted by molar-refractivity contribution is -0.384. The Bertz CT molecular complexity index is 661. The van der Waals surface area contributed by atoms with E-state index in [4.69, 9.17) is 0 Å². The third-order valence-corrected chi connectivity index (χ3v) is 3.71. The maximum Gasteiger partial charge on any atom is 0.311 e. The monoisotopic (exact) mass is 336 g/mol. The molecule has 0 atom stereocenters. The molecule has 1 aromatic carbocycles. The Balaban J connectivity index is 2.46. The molecule has 0 aliphatic rings. The minimum Gasteiger partial charge on any atom is -0.373 e. The van der Waals surface area contributed by atoms with Gasteiger partial charge in [0.1, 0.15) is 5.82 Å². The van der Waals surface area contributed by atoms with Crippen LogP contribution in [-0.4, -0.2) is 17.0 Å². The Morgan fingerprint density at radius 2 is 2.05 bits per heavy atom. The van der Waals surface area contributed by atoms with Gasteiger partial charge in [0.2, 0.25) is 5.82 Å². The summed E-state index contributed by atoms with van der Waals surface area (Å²) in [5.41, 5.74) is 1.66. The average Bonchev–Trinajstić information content (AvgIpc) is 2.43. The molecule has 2 N–H and O–H groups in total. The molecular weight excluding hydrogens is 324 g/mol. The fourth-order valence-electron chi connectivity index (χ4n) is 1.70. The maximum atomic E-state index is 11.1. The summed E-state index contributed by atoms with van der Waals surface area (Å²) in [6.07, 6.45) is 0. The number of halogens is 1. The standard InChI is InChI=1S/C13H13BrN4O2/c1-8-9(14)4-3-5-10(8)16-13-11(18(19)20)6-7-12(15-2)17-13/h3-7H,1-2H3,(H2,15,16,17). The van der Waals surface area contributed by atoms with Gasteiger partial charge in [-0.25, -0.2) is 4.98 Å². The largest absolute Gasteiger partial charge is 0.373 e. The molecule has 0 aliphatic carbocycles. The van der Waals surface area contributed by atoms with Crippen molar-refractivity contribution in [2.24, 2.45) is 0 Å². The quantitative estimate of drug-likeness (QED) is 0.654. The van der Waals surface area contributed by atoms with Gasteiger partial charge in [-0.15, -0.1) is 0 Å². The summed E-state index contributed by atoms with van der Waals surface area (Å²) in [5.74, 6) is 0.772. The van der Waals surface area contributed by atoms with Crippen LogP contribution in [0.25, 0.3) is 0 Å². The van der Waals surface area contributed by atoms with Crippen molar-refractivity contribution in [2.45, 2.75) is 6.92 Å². The van der Waals surface area contributed by atoms with E-state index in [1.165, 1.54) is 6.07 Å². The van der Waals surface area contributed by atoms with Crippen LogP contribution in [-0.2, 0) is 0 Å². The normalized spacial score (nSPS) is 10.2. The summed E-state index contributed by atoms with van der Waals surface area (Å²) in [4.78, 5) is 14.8. The minimum absolute atomic E-state index is 0.0663. The summed E-state index contributed by atoms with van der Waals surface area (Å²) in [6.45, 7) is 1.92. The van der Waals surface area contributed by atoms with Crippen LogP contribution in [0.3, 0.4) is 0 Å². The molecule has 0 saturated carbocycles. The smallest absolute Gasteiger partial charge is 0.311 e. The number of rotatable bonds is 4. The molecule has 20 heavy (non-hydrogen) atoms. The predicted molar refractivity (Wildman–Crippen MR) is 82.6 cm³/mol. The molecule has 1 aromatic heterocycles. The van der Waals surface area contributed by atoms with Crippen LogP contribution < -0.4 is 10.6 Å². The molecule has 1 heterocycles. The molecule has 0 aliphatic heterocycles. The van der Waals surface area contributed by atoms with Crippen molar-refractivity contribution in [2.75, 3.05) is 17.7 Å². The summed E-state index contributed by atoms with van der Waals surface area (Å²) in [5, 5.41) is 16.9. The van der Waals surface area contributed by atoms with Gasteiger partial charge in [0.15, 0.2) is 0 Å². The van der Waals surface area contributed by atoms with Gasteiger partial charge in [0.05, 0.1) is 4.92 Å². The summed E-state index contributed by atoms with van der Waals surface area (Å²) in [6, 6.07) is 8.60. The molecule has 104 valence electrons. The predicted octanol–water partition coefficient (Wildman–Crippen LogP) is 3.85. The molecule has 6 nitrogen and oxygen atoms in total. The Morgan fingerprint density at radius 3 is 2.70 bits per heavy atom. The molecule has 0 bridgehead atoms. The number of hydrogen-bond acceptors (Lipinski definition) is 5. The Labute approximate surface area is 124 Å². The Hall–Kier alpha value is -2.15. The summed E-state index contributed by atoms with van der Waals surface area (Å²) in [7, 11) is 1.71. The lowest BCUT2D eigenvalue weighted by Crippen LogP contribution is -2.03. The Morgan fingerprint density at radius 1 is 1.30 bits per heavy atom. The molecule has 0 fully saturated rings. The zero-order valence-corrected chi connectivity index (χ0v) is 12.6. The van der Waals surface area contributed by atoms with Gasteiger partial charge in [0.25, 0.3) is 0 Å². The first-order chi connectivity index (χ1) is 9.52. The van der Waals surface area contributed by atoms with Crippen molar-refractivity contribution in [3.05, 3.63) is 50.5 Å². The zero-order valence-electron chi connectivity index (χ0n) is 11.0. The number of benzene rings is 1. The van der Waals surface area contributed by atoms with Crippen LogP contribution in [0.5, 0.6) is 0 Å². The van der Waals surface area contributed by atoms with Gasteiger partial charge in [-0.3, -0.25) is 10.1 Å². The van der Waals surface area contributed by atoms with Crippen LogP contribution in [0.15, 0.2) is 34.8 Å². The molecular formula is C13H13BrN4O2. The highest BCUT2D eigenvalue weighted by molar-refractivity contribution is 9.10. The molecule has 0 unspecified atom stereocenters. The van der Waals surface area contributed by atoms with E-state index < -0.39 is 4.92 Å². The number of aromatic nitrogens is 1. The van der Waals surface area contributed by atoms with Gasteiger partial charge in [0, 0.05) is 23.3 Å². The van der Waals surface area contributed by atoms with E-state index in [1.807, 2.05) is 25.1 Å². The first kappa shape index (κ1) is 14.3. The second kappa shape index (κ2) is 5.87.